The minimum atomic E-state index is -1.45. The summed E-state index contributed by atoms with van der Waals surface area (Å²) in [4.78, 5) is 9.57. The second-order valence-electron chi connectivity index (χ2n) is 1.06. The highest BCUT2D eigenvalue weighted by atomic mass is 16.7. The van der Waals surface area contributed by atoms with Crippen molar-refractivity contribution in [3.05, 3.63) is 12.3 Å². The van der Waals surface area contributed by atoms with Gasteiger partial charge in [0, 0.05) is 0 Å². The summed E-state index contributed by atoms with van der Waals surface area (Å²) in [6.45, 7) is 2.59. The van der Waals surface area contributed by atoms with Crippen molar-refractivity contribution in [1.29, 1.82) is 0 Å². The fourth-order valence-electron chi connectivity index (χ4n) is 0.156. The van der Waals surface area contributed by atoms with Gasteiger partial charge in [-0.2, -0.15) is 0 Å². The molecule has 0 aromatic carbocycles. The number of carboxylic acid groups (broad SMARTS) is 1. The predicted molar refractivity (Wildman–Crippen MR) is 25.3 cm³/mol. The van der Waals surface area contributed by atoms with Crippen LogP contribution in [-0.4, -0.2) is 23.0 Å². The summed E-state index contributed by atoms with van der Waals surface area (Å²) in [5.41, 5.74) is 0. The Morgan fingerprint density at radius 2 is 2.25 bits per heavy atom. The maximum absolute atomic E-state index is 9.57. The zero-order valence-corrected chi connectivity index (χ0v) is 4.13. The Balaban J connectivity index is 3.40. The van der Waals surface area contributed by atoms with Gasteiger partial charge in [-0.1, -0.05) is 6.58 Å². The van der Waals surface area contributed by atoms with E-state index in [1.165, 1.54) is 0 Å². The Kier molecular flexibility index (Phi) is 2.64. The van der Waals surface area contributed by atoms with E-state index in [1.54, 1.807) is 0 Å². The molecular formula is C4H6O4. The van der Waals surface area contributed by atoms with E-state index in [4.69, 9.17) is 10.2 Å². The number of carbonyl (C=O) groups is 1. The zero-order chi connectivity index (χ0) is 6.57. The fourth-order valence-corrected chi connectivity index (χ4v) is 0.156. The van der Waals surface area contributed by atoms with Crippen molar-refractivity contribution in [2.75, 3.05) is 6.61 Å². The summed E-state index contributed by atoms with van der Waals surface area (Å²) in [7, 11) is 0. The van der Waals surface area contributed by atoms with Gasteiger partial charge in [0.25, 0.3) is 0 Å². The number of rotatable bonds is 2. The highest BCUT2D eigenvalue weighted by molar-refractivity contribution is 5.58. The fraction of sp³-hybridized carbons (Fsp3) is 0.250. The number of aliphatic hydroxyl groups excluding tert-OH is 1. The quantitative estimate of drug-likeness (QED) is 0.401. The van der Waals surface area contributed by atoms with E-state index in [0.29, 0.717) is 0 Å². The summed E-state index contributed by atoms with van der Waals surface area (Å²) in [5, 5.41) is 15.9. The standard InChI is InChI=1S/C4H6O4/c1-3(2-5)8-4(6)7/h5H,1-2H2,(H,6,7). The predicted octanol–water partition coefficient (Wildman–Crippen LogP) is 0.187. The first-order valence-electron chi connectivity index (χ1n) is 1.86. The van der Waals surface area contributed by atoms with E-state index >= 15 is 0 Å². The lowest BCUT2D eigenvalue weighted by molar-refractivity contribution is 0.107. The van der Waals surface area contributed by atoms with Crippen LogP contribution in [0.1, 0.15) is 0 Å². The van der Waals surface area contributed by atoms with Crippen LogP contribution in [0.25, 0.3) is 0 Å². The molecule has 0 rings (SSSR count). The first-order valence-corrected chi connectivity index (χ1v) is 1.86. The summed E-state index contributed by atoms with van der Waals surface area (Å²) < 4.78 is 3.87. The molecule has 0 saturated carbocycles. The Hall–Kier alpha value is -1.03. The van der Waals surface area contributed by atoms with Gasteiger partial charge in [0.1, 0.15) is 12.4 Å². The van der Waals surface area contributed by atoms with E-state index in [9.17, 15) is 4.79 Å². The molecular weight excluding hydrogens is 112 g/mol. The molecule has 0 amide bonds. The van der Waals surface area contributed by atoms with Crippen molar-refractivity contribution in [2.45, 2.75) is 0 Å². The Labute approximate surface area is 46.0 Å². The number of aliphatic hydroxyl groups is 1. The number of hydrogen-bond acceptors (Lipinski definition) is 3. The molecule has 0 aromatic rings. The maximum atomic E-state index is 9.57. The van der Waals surface area contributed by atoms with Crippen LogP contribution < -0.4 is 0 Å². The third-order valence-corrected chi connectivity index (χ3v) is 0.408. The van der Waals surface area contributed by atoms with Gasteiger partial charge in [0.15, 0.2) is 0 Å². The molecule has 46 valence electrons. The van der Waals surface area contributed by atoms with Crippen molar-refractivity contribution in [2.24, 2.45) is 0 Å². The lowest BCUT2D eigenvalue weighted by Gasteiger charge is -1.95. The largest absolute Gasteiger partial charge is 0.511 e. The maximum Gasteiger partial charge on any atom is 0.511 e. The minimum absolute atomic E-state index is 0.169. The molecule has 8 heavy (non-hydrogen) atoms. The SMILES string of the molecule is C=C(CO)OC(=O)O. The number of hydrogen-bond donors (Lipinski definition) is 2. The minimum Gasteiger partial charge on any atom is -0.449 e. The molecule has 0 atom stereocenters. The molecule has 0 aliphatic heterocycles. The van der Waals surface area contributed by atoms with Gasteiger partial charge in [-0.15, -0.1) is 0 Å². The van der Waals surface area contributed by atoms with Crippen molar-refractivity contribution < 1.29 is 19.7 Å². The second-order valence-corrected chi connectivity index (χ2v) is 1.06. The van der Waals surface area contributed by atoms with Gasteiger partial charge in [-0.25, -0.2) is 4.79 Å². The zero-order valence-electron chi connectivity index (χ0n) is 4.13. The van der Waals surface area contributed by atoms with Gasteiger partial charge in [-0.3, -0.25) is 0 Å². The summed E-state index contributed by atoms with van der Waals surface area (Å²) >= 11 is 0. The lowest BCUT2D eigenvalue weighted by Crippen LogP contribution is -2.01. The van der Waals surface area contributed by atoms with Gasteiger partial charge in [0.2, 0.25) is 0 Å². The molecule has 0 aromatic heterocycles. The average molecular weight is 118 g/mol. The van der Waals surface area contributed by atoms with Gasteiger partial charge in [0.05, 0.1) is 0 Å². The smallest absolute Gasteiger partial charge is 0.449 e. The van der Waals surface area contributed by atoms with Gasteiger partial charge in [-0.05, 0) is 0 Å². The van der Waals surface area contributed by atoms with E-state index < -0.39 is 12.8 Å². The van der Waals surface area contributed by atoms with Crippen LogP contribution in [0.2, 0.25) is 0 Å². The van der Waals surface area contributed by atoms with Crippen LogP contribution in [-0.2, 0) is 4.74 Å². The lowest BCUT2D eigenvalue weighted by atomic mass is 10.6. The molecule has 0 radical (unpaired) electrons. The first kappa shape index (κ1) is 6.97. The van der Waals surface area contributed by atoms with Crippen LogP contribution >= 0.6 is 0 Å². The van der Waals surface area contributed by atoms with E-state index in [-0.39, 0.29) is 5.76 Å². The topological polar surface area (TPSA) is 66.8 Å². The molecule has 0 fully saturated rings. The van der Waals surface area contributed by atoms with Crippen LogP contribution in [0.3, 0.4) is 0 Å². The molecule has 0 aliphatic rings. The van der Waals surface area contributed by atoms with Gasteiger partial charge >= 0.3 is 6.16 Å². The van der Waals surface area contributed by atoms with Crippen LogP contribution in [0.15, 0.2) is 12.3 Å². The van der Waals surface area contributed by atoms with Crippen molar-refractivity contribution in [3.8, 4) is 0 Å². The average Bonchev–Trinajstić information content (AvgIpc) is 1.65. The van der Waals surface area contributed by atoms with E-state index in [0.717, 1.165) is 0 Å². The van der Waals surface area contributed by atoms with E-state index in [2.05, 4.69) is 11.3 Å². The van der Waals surface area contributed by atoms with Crippen LogP contribution in [0, 0.1) is 0 Å². The highest BCUT2D eigenvalue weighted by Crippen LogP contribution is 1.89. The van der Waals surface area contributed by atoms with Crippen molar-refractivity contribution >= 4 is 6.16 Å². The van der Waals surface area contributed by atoms with Crippen LogP contribution in [0.4, 0.5) is 4.79 Å². The molecule has 0 saturated heterocycles. The third-order valence-electron chi connectivity index (χ3n) is 0.408. The molecule has 0 unspecified atom stereocenters. The Bertz CT molecular complexity index is 107. The van der Waals surface area contributed by atoms with Crippen molar-refractivity contribution in [3.63, 3.8) is 0 Å². The van der Waals surface area contributed by atoms with E-state index in [1.807, 2.05) is 0 Å². The second kappa shape index (κ2) is 3.04. The van der Waals surface area contributed by atoms with Crippen molar-refractivity contribution in [1.82, 2.24) is 0 Å². The van der Waals surface area contributed by atoms with Gasteiger partial charge < -0.3 is 14.9 Å². The molecule has 0 bridgehead atoms. The molecule has 2 N–H and O–H groups in total. The third kappa shape index (κ3) is 3.17. The monoisotopic (exact) mass is 118 g/mol. The van der Waals surface area contributed by atoms with Crippen LogP contribution in [0.5, 0.6) is 0 Å². The molecule has 0 heterocycles. The summed E-state index contributed by atoms with van der Waals surface area (Å²) in [6, 6.07) is 0. The number of ether oxygens (including phenoxy) is 1. The molecule has 0 spiro atoms. The molecule has 0 aliphatic carbocycles. The summed E-state index contributed by atoms with van der Waals surface area (Å²) in [6.07, 6.45) is -1.45. The Morgan fingerprint density at radius 3 is 2.38 bits per heavy atom. The normalized spacial score (nSPS) is 8.12. The highest BCUT2D eigenvalue weighted by Gasteiger charge is 1.97. The molecule has 4 nitrogen and oxygen atoms in total. The molecule has 4 heteroatoms. The Morgan fingerprint density at radius 1 is 1.75 bits per heavy atom. The first-order chi connectivity index (χ1) is 3.66. The summed E-state index contributed by atoms with van der Waals surface area (Å²) in [5.74, 6) is -0.169.